The van der Waals surface area contributed by atoms with E-state index in [1.165, 1.54) is 0 Å². The Hall–Kier alpha value is -1.03. The van der Waals surface area contributed by atoms with Crippen molar-refractivity contribution in [3.63, 3.8) is 0 Å². The van der Waals surface area contributed by atoms with Crippen LogP contribution in [0.4, 0.5) is 0 Å². The van der Waals surface area contributed by atoms with Crippen LogP contribution in [0.3, 0.4) is 0 Å². The van der Waals surface area contributed by atoms with Crippen molar-refractivity contribution in [3.05, 3.63) is 0 Å². The van der Waals surface area contributed by atoms with E-state index in [1.54, 1.807) is 0 Å². The van der Waals surface area contributed by atoms with Gasteiger partial charge in [-0.15, -0.1) is 11.8 Å². The van der Waals surface area contributed by atoms with E-state index >= 15 is 0 Å². The van der Waals surface area contributed by atoms with E-state index < -0.39 is 119 Å². The molecule has 0 spiro atoms. The molecule has 2 aliphatic heterocycles. The summed E-state index contributed by atoms with van der Waals surface area (Å²) in [7, 11) is -4.44. The van der Waals surface area contributed by atoms with Crippen molar-refractivity contribution in [1.82, 2.24) is 0 Å². The Bertz CT molecular complexity index is 1240. The third kappa shape index (κ3) is 14.4. The minimum atomic E-state index is -5.55. The molecule has 0 saturated carbocycles. The summed E-state index contributed by atoms with van der Waals surface area (Å²) >= 11 is 0.570. The van der Waals surface area contributed by atoms with Gasteiger partial charge in [0.2, 0.25) is 10.4 Å². The second kappa shape index (κ2) is 20.0. The first-order valence-electron chi connectivity index (χ1n) is 13.4. The molecule has 0 unspecified atom stereocenters. The van der Waals surface area contributed by atoms with Crippen molar-refractivity contribution < 1.29 is 157 Å². The molecular weight excluding hydrogens is 801 g/mol. The smallest absolute Gasteiger partial charge is 0.726 e. The quantitative estimate of drug-likeness (QED) is 0.0740. The van der Waals surface area contributed by atoms with Crippen molar-refractivity contribution >= 4 is 58.0 Å². The van der Waals surface area contributed by atoms with Crippen molar-refractivity contribution in [2.24, 2.45) is 0 Å². The Balaban J connectivity index is 0.0000110. The minimum Gasteiger partial charge on any atom is -0.726 e. The molecule has 47 heavy (non-hydrogen) atoms. The number of methoxy groups -OCH3 is 1. The molecule has 0 bridgehead atoms. The third-order valence-corrected chi connectivity index (χ3v) is 8.04. The number of rotatable bonds is 13. The molecule has 262 valence electrons. The average Bonchev–Trinajstić information content (AvgIpc) is 2.90. The summed E-state index contributed by atoms with van der Waals surface area (Å²) in [5, 5.41) is -1.49. The Kier molecular flexibility index (Phi) is 18.7. The molecule has 0 aliphatic carbocycles. The molecular formula is C25H35CsO19S2. The predicted molar refractivity (Wildman–Crippen MR) is 146 cm³/mol. The summed E-state index contributed by atoms with van der Waals surface area (Å²) in [6.07, 6.45) is -12.7. The summed E-state index contributed by atoms with van der Waals surface area (Å²) in [6, 6.07) is 0. The summed E-state index contributed by atoms with van der Waals surface area (Å²) < 4.78 is 89.1. The minimum absolute atomic E-state index is 0. The van der Waals surface area contributed by atoms with E-state index in [0.717, 1.165) is 48.7 Å². The van der Waals surface area contributed by atoms with E-state index in [-0.39, 0.29) is 68.9 Å². The van der Waals surface area contributed by atoms with Gasteiger partial charge in [-0.25, -0.2) is 8.42 Å². The zero-order valence-electron chi connectivity index (χ0n) is 26.8. The molecule has 0 aromatic rings. The van der Waals surface area contributed by atoms with Crippen LogP contribution in [-0.4, -0.2) is 129 Å². The normalized spacial score (nSPS) is 30.5. The molecule has 0 radical (unpaired) electrons. The van der Waals surface area contributed by atoms with E-state index in [4.69, 9.17) is 46.8 Å². The zero-order valence-corrected chi connectivity index (χ0v) is 34.7. The van der Waals surface area contributed by atoms with Crippen LogP contribution in [-0.2, 0) is 86.0 Å². The molecule has 2 aliphatic rings. The molecule has 10 atom stereocenters. The van der Waals surface area contributed by atoms with Gasteiger partial charge in [-0.05, 0) is 0 Å². The van der Waals surface area contributed by atoms with Crippen LogP contribution in [0, 0.1) is 0 Å². The van der Waals surface area contributed by atoms with Gasteiger partial charge in [-0.2, -0.15) is 0 Å². The van der Waals surface area contributed by atoms with Gasteiger partial charge in [-0.3, -0.25) is 33.0 Å². The number of carbonyl (C=O) groups excluding carboxylic acids is 6. The van der Waals surface area contributed by atoms with Gasteiger partial charge in [0.15, 0.2) is 30.7 Å². The van der Waals surface area contributed by atoms with E-state index in [1.807, 2.05) is 0 Å². The molecule has 19 nitrogen and oxygen atoms in total. The second-order valence-electron chi connectivity index (χ2n) is 9.79. The summed E-state index contributed by atoms with van der Waals surface area (Å²) in [5.74, 6) is -5.24. The third-order valence-electron chi connectivity index (χ3n) is 6.04. The zero-order chi connectivity index (χ0) is 34.9. The molecule has 0 N–H and O–H groups in total. The van der Waals surface area contributed by atoms with E-state index in [0.29, 0.717) is 11.8 Å². The number of esters is 6. The monoisotopic (exact) mass is 836 g/mol. The van der Waals surface area contributed by atoms with Crippen LogP contribution in [0.5, 0.6) is 0 Å². The second-order valence-corrected chi connectivity index (χ2v) is 12.1. The summed E-state index contributed by atoms with van der Waals surface area (Å²) in [6.45, 7) is 4.98. The van der Waals surface area contributed by atoms with Crippen molar-refractivity contribution in [2.45, 2.75) is 101 Å². The molecule has 22 heteroatoms. The van der Waals surface area contributed by atoms with Gasteiger partial charge in [0.1, 0.15) is 37.0 Å². The van der Waals surface area contributed by atoms with Crippen LogP contribution in [0.2, 0.25) is 0 Å². The van der Waals surface area contributed by atoms with Crippen LogP contribution >= 0.6 is 11.8 Å². The van der Waals surface area contributed by atoms with Gasteiger partial charge in [-0.1, -0.05) is 0 Å². The van der Waals surface area contributed by atoms with Crippen LogP contribution in [0.1, 0.15) is 41.5 Å². The van der Waals surface area contributed by atoms with Gasteiger partial charge in [0, 0.05) is 48.7 Å². The number of hydrogen-bond acceptors (Lipinski definition) is 20. The molecule has 0 aromatic carbocycles. The Morgan fingerprint density at radius 3 is 1.53 bits per heavy atom. The van der Waals surface area contributed by atoms with Gasteiger partial charge in [0.05, 0.1) is 5.25 Å². The number of ether oxygens (including phenoxy) is 9. The fraction of sp³-hybridized carbons (Fsp3) is 0.760. The first-order chi connectivity index (χ1) is 21.3. The van der Waals surface area contributed by atoms with E-state index in [2.05, 4.69) is 0 Å². The van der Waals surface area contributed by atoms with Crippen molar-refractivity contribution in [2.75, 3.05) is 20.3 Å². The molecule has 0 amide bonds. The van der Waals surface area contributed by atoms with Crippen LogP contribution in [0.15, 0.2) is 0 Å². The average molecular weight is 837 g/mol. The Morgan fingerprint density at radius 1 is 0.638 bits per heavy atom. The topological polar surface area (TPSA) is 252 Å². The largest absolute Gasteiger partial charge is 1.00 e. The molecule has 2 fully saturated rings. The van der Waals surface area contributed by atoms with Crippen molar-refractivity contribution in [3.8, 4) is 0 Å². The van der Waals surface area contributed by atoms with Gasteiger partial charge >= 0.3 is 105 Å². The Labute approximate surface area is 333 Å². The summed E-state index contributed by atoms with van der Waals surface area (Å²) in [5.41, 5.74) is -1.54. The fourth-order valence-corrected chi connectivity index (χ4v) is 6.72. The molecule has 0 aromatic heterocycles. The van der Waals surface area contributed by atoms with Crippen LogP contribution < -0.4 is 68.9 Å². The standard InChI is InChI=1S/C25H36O19S2.Cs/c1-10(26)36-8-16-18(38-12(3)28)19(39-13(4)29)22(41-15(6)31)25(43-16)45-23-17(9-37-11(2)27)42-24(35-7)21(40-14(5)30)20(23)44-46(32,33)34;/h16-25H,8-9H2,1-7H3,(H,32,33,34);/q;+1/p-1/t16-,17-,18+,19+,20-,21-,22-,23-,24+,25+;/m1./s1. The fourth-order valence-electron chi connectivity index (χ4n) is 4.58. The number of hydrogen-bond donors (Lipinski definition) is 0. The first kappa shape index (κ1) is 44.0. The maximum absolute atomic E-state index is 12.2. The van der Waals surface area contributed by atoms with Crippen molar-refractivity contribution in [1.29, 1.82) is 0 Å². The Morgan fingerprint density at radius 2 is 1.09 bits per heavy atom. The molecule has 2 saturated heterocycles. The number of thioether (sulfide) groups is 1. The van der Waals surface area contributed by atoms with Gasteiger partial charge < -0.3 is 47.2 Å². The predicted octanol–water partition coefficient (Wildman–Crippen LogP) is -4.11. The molecule has 2 heterocycles. The maximum Gasteiger partial charge on any atom is 1.00 e. The first-order valence-corrected chi connectivity index (χ1v) is 15.7. The van der Waals surface area contributed by atoms with Gasteiger partial charge in [0.25, 0.3) is 0 Å². The molecule has 2 rings (SSSR count). The van der Waals surface area contributed by atoms with E-state index in [9.17, 15) is 41.7 Å². The van der Waals surface area contributed by atoms with Crippen LogP contribution in [0.25, 0.3) is 0 Å². The maximum atomic E-state index is 12.2. The number of carbonyl (C=O) groups is 6. The SMILES string of the molecule is CO[C@H]1O[C@H](COC(C)=O)[C@@H](S[C@@H]2O[C@H](COC(C)=O)[C@H](OC(C)=O)[C@H](OC(C)=O)[C@H]2OC(C)=O)[C@H](OS(=O)(=O)[O-])[C@H]1OC(C)=O.[Cs+]. The summed E-state index contributed by atoms with van der Waals surface area (Å²) in [4.78, 5) is 71.8.